The van der Waals surface area contributed by atoms with Gasteiger partial charge in [-0.2, -0.15) is 5.26 Å². The highest BCUT2D eigenvalue weighted by molar-refractivity contribution is 5.96. The summed E-state index contributed by atoms with van der Waals surface area (Å²) in [6.07, 6.45) is 6.26. The van der Waals surface area contributed by atoms with E-state index in [-0.39, 0.29) is 5.75 Å². The molecule has 0 saturated heterocycles. The highest BCUT2D eigenvalue weighted by Crippen LogP contribution is 2.25. The number of carbonyl (C=O) groups excluding carboxylic acids is 3. The SMILES string of the molecule is C=CC(=O)OCCCCCCOc1ccc2cc(C(=O)Oc3ccc(CCC=O)cc3F)ccc2c1.COc1cccc(C#N)c1. The van der Waals surface area contributed by atoms with Crippen LogP contribution in [0.2, 0.25) is 0 Å². The third-order valence-electron chi connectivity index (χ3n) is 6.71. The van der Waals surface area contributed by atoms with E-state index in [1.54, 1.807) is 55.6 Å². The number of fused-ring (bicyclic) bond motifs is 1. The molecule has 46 heavy (non-hydrogen) atoms. The van der Waals surface area contributed by atoms with Crippen molar-refractivity contribution in [2.45, 2.75) is 38.5 Å². The van der Waals surface area contributed by atoms with Crippen LogP contribution in [0.15, 0.2) is 91.5 Å². The number of aryl methyl sites for hydroxylation is 1. The number of hydrogen-bond acceptors (Lipinski definition) is 8. The molecule has 0 aliphatic rings. The van der Waals surface area contributed by atoms with Crippen molar-refractivity contribution in [3.8, 4) is 23.3 Å². The molecule has 0 atom stereocenters. The molecular formula is C37H36FNO7. The maximum Gasteiger partial charge on any atom is 0.343 e. The van der Waals surface area contributed by atoms with E-state index >= 15 is 0 Å². The van der Waals surface area contributed by atoms with Crippen molar-refractivity contribution in [3.63, 3.8) is 0 Å². The van der Waals surface area contributed by atoms with Gasteiger partial charge < -0.3 is 23.7 Å². The van der Waals surface area contributed by atoms with Crippen LogP contribution in [0, 0.1) is 17.1 Å². The fraction of sp³-hybridized carbons (Fsp3) is 0.243. The van der Waals surface area contributed by atoms with Crippen molar-refractivity contribution >= 4 is 29.0 Å². The summed E-state index contributed by atoms with van der Waals surface area (Å²) in [5.41, 5.74) is 1.59. The van der Waals surface area contributed by atoms with Gasteiger partial charge >= 0.3 is 11.9 Å². The first-order valence-corrected chi connectivity index (χ1v) is 14.8. The summed E-state index contributed by atoms with van der Waals surface area (Å²) >= 11 is 0. The average Bonchev–Trinajstić information content (AvgIpc) is 3.09. The van der Waals surface area contributed by atoms with E-state index in [2.05, 4.69) is 6.58 Å². The number of ether oxygens (including phenoxy) is 4. The van der Waals surface area contributed by atoms with Gasteiger partial charge in [0.15, 0.2) is 11.6 Å². The molecule has 4 aromatic rings. The number of esters is 2. The molecular weight excluding hydrogens is 589 g/mol. The molecule has 4 rings (SSSR count). The summed E-state index contributed by atoms with van der Waals surface area (Å²) in [4.78, 5) is 34.0. The Balaban J connectivity index is 0.000000489. The average molecular weight is 626 g/mol. The number of hydrogen-bond donors (Lipinski definition) is 0. The van der Waals surface area contributed by atoms with E-state index in [1.807, 2.05) is 24.3 Å². The molecule has 8 nitrogen and oxygen atoms in total. The minimum Gasteiger partial charge on any atom is -0.497 e. The quantitative estimate of drug-likeness (QED) is 0.0437. The first-order valence-electron chi connectivity index (χ1n) is 14.8. The molecule has 0 spiro atoms. The second-order valence-electron chi connectivity index (χ2n) is 10.1. The fourth-order valence-corrected chi connectivity index (χ4v) is 4.28. The number of unbranched alkanes of at least 4 members (excludes halogenated alkanes) is 3. The first kappa shape index (κ1) is 35.0. The Kier molecular flexibility index (Phi) is 14.5. The number of halogens is 1. The number of carbonyl (C=O) groups is 3. The Morgan fingerprint density at radius 1 is 0.891 bits per heavy atom. The Hall–Kier alpha value is -5.49. The van der Waals surface area contributed by atoms with Crippen LogP contribution in [0.25, 0.3) is 10.8 Å². The lowest BCUT2D eigenvalue weighted by molar-refractivity contribution is -0.137. The molecule has 0 aromatic heterocycles. The van der Waals surface area contributed by atoms with E-state index in [1.165, 1.54) is 12.1 Å². The van der Waals surface area contributed by atoms with Gasteiger partial charge in [0.1, 0.15) is 17.8 Å². The van der Waals surface area contributed by atoms with Crippen molar-refractivity contribution in [3.05, 3.63) is 114 Å². The largest absolute Gasteiger partial charge is 0.497 e. The van der Waals surface area contributed by atoms with Crippen molar-refractivity contribution < 1.29 is 37.7 Å². The standard InChI is InChI=1S/C29H29FO6.C8H7NO/c1-2-28(32)35-17-6-4-3-5-16-34-25-13-12-22-19-24(11-10-23(22)20-25)29(33)36-27-14-9-21(8-7-15-31)18-26(27)30;1-10-8-4-2-3-7(5-8)6-9/h2,9-15,18-20H,1,3-8,16-17H2;2-5H,1H3. The second-order valence-corrected chi connectivity index (χ2v) is 10.1. The van der Waals surface area contributed by atoms with E-state index in [0.29, 0.717) is 42.7 Å². The van der Waals surface area contributed by atoms with Crippen molar-refractivity contribution in [1.82, 2.24) is 0 Å². The minimum absolute atomic E-state index is 0.156. The lowest BCUT2D eigenvalue weighted by Gasteiger charge is -2.09. The molecule has 0 amide bonds. The predicted octanol–water partition coefficient (Wildman–Crippen LogP) is 7.56. The van der Waals surface area contributed by atoms with Crippen LogP contribution in [-0.2, 0) is 20.7 Å². The van der Waals surface area contributed by atoms with Crippen LogP contribution in [0.5, 0.6) is 17.2 Å². The predicted molar refractivity (Wildman–Crippen MR) is 173 cm³/mol. The Morgan fingerprint density at radius 3 is 2.37 bits per heavy atom. The molecule has 0 N–H and O–H groups in total. The first-order chi connectivity index (χ1) is 22.4. The number of aldehydes is 1. The molecule has 4 aromatic carbocycles. The van der Waals surface area contributed by atoms with E-state index in [9.17, 15) is 18.8 Å². The Morgan fingerprint density at radius 2 is 1.65 bits per heavy atom. The minimum atomic E-state index is -0.656. The lowest BCUT2D eigenvalue weighted by Crippen LogP contribution is -2.09. The van der Waals surface area contributed by atoms with Crippen LogP contribution in [0.1, 0.15) is 53.6 Å². The molecule has 0 aliphatic carbocycles. The highest BCUT2D eigenvalue weighted by Gasteiger charge is 2.13. The summed E-state index contributed by atoms with van der Waals surface area (Å²) in [6.45, 7) is 4.33. The monoisotopic (exact) mass is 625 g/mol. The Labute approximate surface area is 268 Å². The van der Waals surface area contributed by atoms with Gasteiger partial charge in [-0.1, -0.05) is 30.8 Å². The van der Waals surface area contributed by atoms with E-state index < -0.39 is 17.8 Å². The maximum atomic E-state index is 14.3. The molecule has 9 heteroatoms. The zero-order valence-corrected chi connectivity index (χ0v) is 25.7. The van der Waals surface area contributed by atoms with E-state index in [4.69, 9.17) is 24.2 Å². The van der Waals surface area contributed by atoms with Crippen LogP contribution >= 0.6 is 0 Å². The van der Waals surface area contributed by atoms with E-state index in [0.717, 1.165) is 60.3 Å². The number of rotatable bonds is 15. The Bertz CT molecular complexity index is 1680. The molecule has 0 radical (unpaired) electrons. The van der Waals surface area contributed by atoms with Gasteiger partial charge in [0, 0.05) is 12.5 Å². The molecule has 0 aliphatic heterocycles. The molecule has 0 saturated carbocycles. The van der Waals surface area contributed by atoms with Crippen molar-refractivity contribution in [2.24, 2.45) is 0 Å². The number of nitriles is 1. The summed E-state index contributed by atoms with van der Waals surface area (Å²) in [6, 6.07) is 24.1. The third-order valence-corrected chi connectivity index (χ3v) is 6.71. The lowest BCUT2D eigenvalue weighted by atomic mass is 10.1. The van der Waals surface area contributed by atoms with Gasteiger partial charge in [-0.15, -0.1) is 0 Å². The summed E-state index contributed by atoms with van der Waals surface area (Å²) in [5.74, 6) is -0.406. The van der Waals surface area contributed by atoms with Crippen molar-refractivity contribution in [2.75, 3.05) is 20.3 Å². The number of methoxy groups -OCH3 is 1. The molecule has 238 valence electrons. The van der Waals surface area contributed by atoms with Crippen LogP contribution < -0.4 is 14.2 Å². The number of benzene rings is 4. The van der Waals surface area contributed by atoms with Crippen LogP contribution in [0.4, 0.5) is 4.39 Å². The van der Waals surface area contributed by atoms with Crippen LogP contribution in [0.3, 0.4) is 0 Å². The highest BCUT2D eigenvalue weighted by atomic mass is 19.1. The summed E-state index contributed by atoms with van der Waals surface area (Å²) in [5, 5.41) is 10.2. The zero-order chi connectivity index (χ0) is 33.1. The molecule has 0 unspecified atom stereocenters. The number of nitrogens with zero attached hydrogens (tertiary/aromatic N) is 1. The second kappa shape index (κ2) is 19.0. The third kappa shape index (κ3) is 11.5. The molecule has 0 bridgehead atoms. The maximum absolute atomic E-state index is 14.3. The van der Waals surface area contributed by atoms with Gasteiger partial charge in [-0.05, 0) is 103 Å². The van der Waals surface area contributed by atoms with Gasteiger partial charge in [-0.3, -0.25) is 0 Å². The van der Waals surface area contributed by atoms with Gasteiger partial charge in [0.25, 0.3) is 0 Å². The normalized spacial score (nSPS) is 10.1. The smallest absolute Gasteiger partial charge is 0.343 e. The fourth-order valence-electron chi connectivity index (χ4n) is 4.28. The van der Waals surface area contributed by atoms with Gasteiger partial charge in [0.2, 0.25) is 0 Å². The summed E-state index contributed by atoms with van der Waals surface area (Å²) < 4.78 is 35.2. The van der Waals surface area contributed by atoms with Gasteiger partial charge in [0.05, 0.1) is 37.5 Å². The van der Waals surface area contributed by atoms with Gasteiger partial charge in [-0.25, -0.2) is 14.0 Å². The zero-order valence-electron chi connectivity index (χ0n) is 25.7. The van der Waals surface area contributed by atoms with Crippen molar-refractivity contribution in [1.29, 1.82) is 5.26 Å². The molecule has 0 heterocycles. The topological polar surface area (TPSA) is 112 Å². The van der Waals surface area contributed by atoms with Crippen LogP contribution in [-0.4, -0.2) is 38.5 Å². The molecule has 0 fully saturated rings. The summed E-state index contributed by atoms with van der Waals surface area (Å²) in [7, 11) is 1.58.